The zero-order valence-corrected chi connectivity index (χ0v) is 18.3. The zero-order chi connectivity index (χ0) is 20.5. The summed E-state index contributed by atoms with van der Waals surface area (Å²) < 4.78 is 5.99. The summed E-state index contributed by atoms with van der Waals surface area (Å²) in [5.41, 5.74) is 4.21. The number of aromatic nitrogens is 1. The van der Waals surface area contributed by atoms with Crippen LogP contribution in [0.1, 0.15) is 23.6 Å². The number of carbonyl (C=O) groups is 1. The summed E-state index contributed by atoms with van der Waals surface area (Å²) in [6.07, 6.45) is 3.00. The molecule has 5 nitrogen and oxygen atoms in total. The Hall–Kier alpha value is -2.44. The molecule has 1 aliphatic heterocycles. The van der Waals surface area contributed by atoms with Crippen LogP contribution < -0.4 is 10.2 Å². The predicted molar refractivity (Wildman–Crippen MR) is 123 cm³/mol. The van der Waals surface area contributed by atoms with Crippen LogP contribution in [0.3, 0.4) is 0 Å². The van der Waals surface area contributed by atoms with E-state index >= 15 is 0 Å². The molecule has 3 aromatic rings. The molecule has 0 bridgehead atoms. The average Bonchev–Trinajstić information content (AvgIpc) is 3.35. The second kappa shape index (κ2) is 8.36. The predicted octanol–water partition coefficient (Wildman–Crippen LogP) is 3.26. The van der Waals surface area contributed by atoms with Crippen molar-refractivity contribution in [3.8, 4) is 0 Å². The Bertz CT molecular complexity index is 1050. The van der Waals surface area contributed by atoms with Gasteiger partial charge in [-0.2, -0.15) is 4.37 Å². The molecule has 1 aromatic heterocycles. The van der Waals surface area contributed by atoms with E-state index in [1.807, 2.05) is 0 Å². The van der Waals surface area contributed by atoms with E-state index in [2.05, 4.69) is 57.6 Å². The molecule has 1 aliphatic carbocycles. The van der Waals surface area contributed by atoms with Gasteiger partial charge in [-0.1, -0.05) is 30.3 Å². The van der Waals surface area contributed by atoms with E-state index in [0.29, 0.717) is 0 Å². The van der Waals surface area contributed by atoms with Crippen LogP contribution in [0.2, 0.25) is 0 Å². The fourth-order valence-corrected chi connectivity index (χ4v) is 5.58. The van der Waals surface area contributed by atoms with Crippen LogP contribution in [0.4, 0.5) is 5.82 Å². The third kappa shape index (κ3) is 4.07. The first-order valence-corrected chi connectivity index (χ1v) is 11.6. The van der Waals surface area contributed by atoms with Crippen LogP contribution in [0.15, 0.2) is 42.5 Å². The van der Waals surface area contributed by atoms with Gasteiger partial charge in [-0.25, -0.2) is 0 Å². The molecule has 2 heterocycles. The lowest BCUT2D eigenvalue weighted by molar-refractivity contribution is -0.119. The van der Waals surface area contributed by atoms with Crippen LogP contribution in [-0.4, -0.2) is 53.9 Å². The zero-order valence-electron chi connectivity index (χ0n) is 17.4. The number of hydrogen-bond donors (Lipinski definition) is 1. The van der Waals surface area contributed by atoms with Gasteiger partial charge in [-0.3, -0.25) is 9.69 Å². The Morgan fingerprint density at radius 3 is 2.73 bits per heavy atom. The van der Waals surface area contributed by atoms with Crippen molar-refractivity contribution in [2.24, 2.45) is 0 Å². The number of carbonyl (C=O) groups excluding carboxylic acids is 1. The van der Waals surface area contributed by atoms with Crippen molar-refractivity contribution in [3.63, 3.8) is 0 Å². The van der Waals surface area contributed by atoms with Gasteiger partial charge in [0.05, 0.1) is 4.70 Å². The van der Waals surface area contributed by atoms with Gasteiger partial charge >= 0.3 is 0 Å². The molecule has 30 heavy (non-hydrogen) atoms. The van der Waals surface area contributed by atoms with Crippen molar-refractivity contribution in [1.82, 2.24) is 14.6 Å². The van der Waals surface area contributed by atoms with Gasteiger partial charge in [0, 0.05) is 51.1 Å². The van der Waals surface area contributed by atoms with Crippen molar-refractivity contribution in [3.05, 3.63) is 59.2 Å². The maximum Gasteiger partial charge on any atom is 0.217 e. The van der Waals surface area contributed by atoms with Gasteiger partial charge in [0.15, 0.2) is 0 Å². The minimum absolute atomic E-state index is 0.0674. The second-order valence-corrected chi connectivity index (χ2v) is 9.29. The Morgan fingerprint density at radius 1 is 1.10 bits per heavy atom. The molecule has 0 saturated carbocycles. The average molecular weight is 421 g/mol. The van der Waals surface area contributed by atoms with Crippen LogP contribution in [0, 0.1) is 0 Å². The lowest BCUT2D eigenvalue weighted by Gasteiger charge is -2.35. The van der Waals surface area contributed by atoms with Crippen molar-refractivity contribution >= 4 is 33.3 Å². The third-order valence-corrected chi connectivity index (χ3v) is 7.17. The first kappa shape index (κ1) is 19.5. The highest BCUT2D eigenvalue weighted by Crippen LogP contribution is 2.30. The summed E-state index contributed by atoms with van der Waals surface area (Å²) in [4.78, 5) is 16.3. The first-order valence-electron chi connectivity index (χ1n) is 10.9. The van der Waals surface area contributed by atoms with E-state index in [4.69, 9.17) is 4.37 Å². The van der Waals surface area contributed by atoms with Gasteiger partial charge in [-0.05, 0) is 59.6 Å². The number of fused-ring (bicyclic) bond motifs is 2. The SMILES string of the molecule is CC(=O)NC1Cc2ccc(CCN3CCN(c4nsc5ccccc45)CC3)cc2C1. The van der Waals surface area contributed by atoms with E-state index < -0.39 is 0 Å². The molecule has 0 radical (unpaired) electrons. The molecular formula is C24H28N4OS. The number of rotatable bonds is 5. The summed E-state index contributed by atoms with van der Waals surface area (Å²) in [6.45, 7) is 6.94. The quantitative estimate of drug-likeness (QED) is 0.688. The maximum absolute atomic E-state index is 11.3. The lowest BCUT2D eigenvalue weighted by atomic mass is 10.0. The molecule has 1 amide bonds. The summed E-state index contributed by atoms with van der Waals surface area (Å²) in [5.74, 6) is 1.22. The Labute approximate surface area is 181 Å². The molecule has 1 N–H and O–H groups in total. The normalized spacial score (nSPS) is 19.2. The van der Waals surface area contributed by atoms with E-state index in [-0.39, 0.29) is 11.9 Å². The topological polar surface area (TPSA) is 48.5 Å². The fourth-order valence-electron chi connectivity index (χ4n) is 4.79. The number of anilines is 1. The smallest absolute Gasteiger partial charge is 0.217 e. The van der Waals surface area contributed by atoms with Crippen molar-refractivity contribution in [2.45, 2.75) is 32.2 Å². The van der Waals surface area contributed by atoms with Gasteiger partial charge in [0.25, 0.3) is 0 Å². The fraction of sp³-hybridized carbons (Fsp3) is 0.417. The highest BCUT2D eigenvalue weighted by atomic mass is 32.1. The number of amides is 1. The molecule has 156 valence electrons. The van der Waals surface area contributed by atoms with Gasteiger partial charge < -0.3 is 10.2 Å². The van der Waals surface area contributed by atoms with E-state index in [1.54, 1.807) is 18.5 Å². The largest absolute Gasteiger partial charge is 0.353 e. The molecule has 1 atom stereocenters. The van der Waals surface area contributed by atoms with Gasteiger partial charge in [0.1, 0.15) is 5.82 Å². The Morgan fingerprint density at radius 2 is 1.90 bits per heavy atom. The monoisotopic (exact) mass is 420 g/mol. The van der Waals surface area contributed by atoms with Crippen molar-refractivity contribution in [2.75, 3.05) is 37.6 Å². The molecule has 1 fully saturated rings. The highest BCUT2D eigenvalue weighted by Gasteiger charge is 2.23. The number of nitrogens with one attached hydrogen (secondary N) is 1. The summed E-state index contributed by atoms with van der Waals surface area (Å²) in [5, 5.41) is 4.35. The van der Waals surface area contributed by atoms with E-state index in [0.717, 1.165) is 57.8 Å². The van der Waals surface area contributed by atoms with Gasteiger partial charge in [-0.15, -0.1) is 0 Å². The molecule has 6 heteroatoms. The van der Waals surface area contributed by atoms with E-state index in [9.17, 15) is 4.79 Å². The highest BCUT2D eigenvalue weighted by molar-refractivity contribution is 7.13. The maximum atomic E-state index is 11.3. The number of benzene rings is 2. The molecule has 2 aromatic carbocycles. The second-order valence-electron chi connectivity index (χ2n) is 8.49. The summed E-state index contributed by atoms with van der Waals surface area (Å²) in [6, 6.07) is 15.7. The molecular weight excluding hydrogens is 392 g/mol. The van der Waals surface area contributed by atoms with E-state index in [1.165, 1.54) is 26.8 Å². The standard InChI is InChI=1S/C24H28N4OS/c1-17(29)25-21-15-19-7-6-18(14-20(19)16-21)8-9-27-10-12-28(13-11-27)24-22-4-2-3-5-23(22)30-26-24/h2-7,14,21H,8-13,15-16H2,1H3,(H,25,29). The third-order valence-electron chi connectivity index (χ3n) is 6.36. The molecule has 1 saturated heterocycles. The summed E-state index contributed by atoms with van der Waals surface area (Å²) >= 11 is 1.60. The Kier molecular flexibility index (Phi) is 5.44. The molecule has 2 aliphatic rings. The molecule has 1 unspecified atom stereocenters. The van der Waals surface area contributed by atoms with Crippen molar-refractivity contribution in [1.29, 1.82) is 0 Å². The lowest BCUT2D eigenvalue weighted by Crippen LogP contribution is -2.47. The van der Waals surface area contributed by atoms with Crippen molar-refractivity contribution < 1.29 is 4.79 Å². The first-order chi connectivity index (χ1) is 14.7. The number of nitrogens with zero attached hydrogens (tertiary/aromatic N) is 3. The van der Waals surface area contributed by atoms with Crippen LogP contribution in [-0.2, 0) is 24.1 Å². The van der Waals surface area contributed by atoms with Crippen LogP contribution >= 0.6 is 11.5 Å². The molecule has 0 spiro atoms. The number of piperazine rings is 1. The minimum Gasteiger partial charge on any atom is -0.353 e. The van der Waals surface area contributed by atoms with Crippen LogP contribution in [0.5, 0.6) is 0 Å². The number of hydrogen-bond acceptors (Lipinski definition) is 5. The molecule has 5 rings (SSSR count). The summed E-state index contributed by atoms with van der Waals surface area (Å²) in [7, 11) is 0. The minimum atomic E-state index is 0.0674. The Balaban J connectivity index is 1.14. The van der Waals surface area contributed by atoms with Gasteiger partial charge in [0.2, 0.25) is 5.91 Å². The van der Waals surface area contributed by atoms with Crippen LogP contribution in [0.25, 0.3) is 10.1 Å².